The molecule has 0 atom stereocenters. The Hall–Kier alpha value is -2.43. The van der Waals surface area contributed by atoms with Crippen LogP contribution in [0.5, 0.6) is 5.88 Å². The lowest BCUT2D eigenvalue weighted by Gasteiger charge is -2.11. The van der Waals surface area contributed by atoms with Gasteiger partial charge in [0.15, 0.2) is 5.82 Å². The van der Waals surface area contributed by atoms with Crippen LogP contribution in [0.1, 0.15) is 5.56 Å². The maximum Gasteiger partial charge on any atom is 0.203 e. The van der Waals surface area contributed by atoms with Gasteiger partial charge in [-0.2, -0.15) is 0 Å². The minimum atomic E-state index is -0.245. The van der Waals surface area contributed by atoms with Crippen molar-refractivity contribution in [3.63, 3.8) is 0 Å². The molecular formula is C14H12FN3O. The van der Waals surface area contributed by atoms with E-state index < -0.39 is 0 Å². The standard InChI is InChI=1S/C14H12FN3O/c15-11-3-1-10(2-4-11)6-8-18-9-17-13-12(14(18)19)5-7-16-13/h1-5,7,9,19H,6,8H2. The highest BCUT2D eigenvalue weighted by molar-refractivity contribution is 5.62. The highest BCUT2D eigenvalue weighted by atomic mass is 19.1. The monoisotopic (exact) mass is 257 g/mol. The second kappa shape index (κ2) is 4.68. The molecule has 0 saturated carbocycles. The summed E-state index contributed by atoms with van der Waals surface area (Å²) >= 11 is 0. The van der Waals surface area contributed by atoms with Crippen LogP contribution < -0.4 is 0 Å². The zero-order chi connectivity index (χ0) is 13.2. The highest BCUT2D eigenvalue weighted by Crippen LogP contribution is 2.27. The third kappa shape index (κ3) is 2.27. The molecule has 0 saturated heterocycles. The van der Waals surface area contributed by atoms with Crippen LogP contribution in [-0.2, 0) is 13.0 Å². The first-order valence-corrected chi connectivity index (χ1v) is 5.97. The van der Waals surface area contributed by atoms with Gasteiger partial charge in [-0.15, -0.1) is 0 Å². The zero-order valence-corrected chi connectivity index (χ0v) is 10.1. The lowest BCUT2D eigenvalue weighted by atomic mass is 10.1. The molecule has 1 N–H and O–H groups in total. The molecule has 0 spiro atoms. The number of nitrogens with zero attached hydrogens (tertiary/aromatic N) is 3. The minimum absolute atomic E-state index is 0.157. The van der Waals surface area contributed by atoms with E-state index in [1.807, 2.05) is 0 Å². The number of hydrogen-bond acceptors (Lipinski definition) is 3. The first kappa shape index (κ1) is 11.6. The summed E-state index contributed by atoms with van der Waals surface area (Å²) < 4.78 is 14.5. The quantitative estimate of drug-likeness (QED) is 0.784. The predicted molar refractivity (Wildman–Crippen MR) is 68.4 cm³/mol. The largest absolute Gasteiger partial charge is 0.494 e. The van der Waals surface area contributed by atoms with Gasteiger partial charge in [0.2, 0.25) is 5.88 Å². The average molecular weight is 257 g/mol. The fourth-order valence-corrected chi connectivity index (χ4v) is 2.00. The molecule has 0 unspecified atom stereocenters. The number of benzene rings is 1. The van der Waals surface area contributed by atoms with Crippen LogP contribution in [0.25, 0.3) is 11.4 Å². The van der Waals surface area contributed by atoms with Gasteiger partial charge in [-0.1, -0.05) is 12.1 Å². The Balaban J connectivity index is 1.80. The van der Waals surface area contributed by atoms with E-state index in [-0.39, 0.29) is 11.7 Å². The van der Waals surface area contributed by atoms with Crippen LogP contribution in [-0.4, -0.2) is 19.6 Å². The Labute approximate surface area is 109 Å². The third-order valence-corrected chi connectivity index (χ3v) is 3.07. The Bertz CT molecular complexity index is 663. The minimum Gasteiger partial charge on any atom is -0.494 e. The third-order valence-electron chi connectivity index (χ3n) is 3.07. The van der Waals surface area contributed by atoms with Gasteiger partial charge < -0.3 is 9.67 Å². The molecule has 0 radical (unpaired) electrons. The van der Waals surface area contributed by atoms with Crippen LogP contribution in [0, 0.1) is 5.82 Å². The fourth-order valence-electron chi connectivity index (χ4n) is 2.00. The van der Waals surface area contributed by atoms with E-state index in [1.165, 1.54) is 12.1 Å². The van der Waals surface area contributed by atoms with Gasteiger partial charge >= 0.3 is 0 Å². The van der Waals surface area contributed by atoms with Gasteiger partial charge in [0.1, 0.15) is 5.82 Å². The molecule has 0 bridgehead atoms. The number of halogens is 1. The van der Waals surface area contributed by atoms with Crippen molar-refractivity contribution in [3.05, 3.63) is 54.2 Å². The molecule has 1 aromatic carbocycles. The second-order valence-electron chi connectivity index (χ2n) is 4.32. The molecule has 5 heteroatoms. The van der Waals surface area contributed by atoms with Gasteiger partial charge in [-0.25, -0.2) is 14.4 Å². The van der Waals surface area contributed by atoms with Crippen LogP contribution in [0.4, 0.5) is 4.39 Å². The number of aromatic nitrogens is 3. The van der Waals surface area contributed by atoms with Gasteiger partial charge in [0.05, 0.1) is 11.9 Å². The van der Waals surface area contributed by atoms with Crippen molar-refractivity contribution in [1.29, 1.82) is 0 Å². The van der Waals surface area contributed by atoms with Gasteiger partial charge in [0, 0.05) is 12.7 Å². The number of hydrogen-bond donors (Lipinski definition) is 1. The molecule has 1 aromatic rings. The number of fused-ring (bicyclic) bond motifs is 1. The van der Waals surface area contributed by atoms with E-state index in [1.54, 1.807) is 35.3 Å². The number of rotatable bonds is 3. The van der Waals surface area contributed by atoms with E-state index >= 15 is 0 Å². The molecule has 2 aliphatic heterocycles. The van der Waals surface area contributed by atoms with Gasteiger partial charge in [-0.3, -0.25) is 0 Å². The normalized spacial score (nSPS) is 11.0. The van der Waals surface area contributed by atoms with Crippen molar-refractivity contribution in [3.8, 4) is 17.3 Å². The topological polar surface area (TPSA) is 50.9 Å². The summed E-state index contributed by atoms with van der Waals surface area (Å²) in [6.45, 7) is 0.575. The molecule has 0 aliphatic carbocycles. The maximum absolute atomic E-state index is 12.8. The molecule has 2 aliphatic rings. The number of aromatic hydroxyl groups is 1. The van der Waals surface area contributed by atoms with Crippen LogP contribution in [0.15, 0.2) is 42.9 Å². The van der Waals surface area contributed by atoms with E-state index in [2.05, 4.69) is 9.97 Å². The smallest absolute Gasteiger partial charge is 0.203 e. The van der Waals surface area contributed by atoms with E-state index in [9.17, 15) is 9.50 Å². The van der Waals surface area contributed by atoms with Crippen molar-refractivity contribution in [2.45, 2.75) is 13.0 Å². The summed E-state index contributed by atoms with van der Waals surface area (Å²) in [6, 6.07) is 8.07. The summed E-state index contributed by atoms with van der Waals surface area (Å²) in [6.07, 6.45) is 3.87. The molecule has 0 amide bonds. The fraction of sp³-hybridized carbons (Fsp3) is 0.143. The highest BCUT2D eigenvalue weighted by Gasteiger charge is 2.13. The van der Waals surface area contributed by atoms with Crippen molar-refractivity contribution >= 4 is 0 Å². The molecular weight excluding hydrogens is 245 g/mol. The Morgan fingerprint density at radius 1 is 1.11 bits per heavy atom. The Morgan fingerprint density at radius 3 is 2.68 bits per heavy atom. The lowest BCUT2D eigenvalue weighted by Crippen LogP contribution is -2.05. The van der Waals surface area contributed by atoms with Crippen molar-refractivity contribution in [1.82, 2.24) is 14.5 Å². The summed E-state index contributed by atoms with van der Waals surface area (Å²) in [5.74, 6) is 0.449. The van der Waals surface area contributed by atoms with E-state index in [4.69, 9.17) is 0 Å². The average Bonchev–Trinajstić information content (AvgIpc) is 2.89. The maximum atomic E-state index is 12.8. The van der Waals surface area contributed by atoms with Crippen LogP contribution in [0.3, 0.4) is 0 Å². The van der Waals surface area contributed by atoms with Crippen LogP contribution >= 0.6 is 0 Å². The van der Waals surface area contributed by atoms with E-state index in [0.29, 0.717) is 24.4 Å². The molecule has 0 fully saturated rings. The summed E-state index contributed by atoms with van der Waals surface area (Å²) in [5.41, 5.74) is 1.65. The lowest BCUT2D eigenvalue weighted by molar-refractivity contribution is 0.410. The number of aryl methyl sites for hydroxylation is 2. The zero-order valence-electron chi connectivity index (χ0n) is 10.1. The molecule has 96 valence electrons. The molecule has 2 heterocycles. The molecule has 0 aromatic heterocycles. The first-order valence-electron chi connectivity index (χ1n) is 5.97. The Kier molecular flexibility index (Phi) is 2.87. The van der Waals surface area contributed by atoms with E-state index in [0.717, 1.165) is 5.56 Å². The summed E-state index contributed by atoms with van der Waals surface area (Å²) in [5, 5.41) is 10.1. The molecule has 3 rings (SSSR count). The van der Waals surface area contributed by atoms with Crippen molar-refractivity contribution < 1.29 is 9.50 Å². The predicted octanol–water partition coefficient (Wildman–Crippen LogP) is 2.47. The molecule has 4 nitrogen and oxygen atoms in total. The summed E-state index contributed by atoms with van der Waals surface area (Å²) in [7, 11) is 0. The summed E-state index contributed by atoms with van der Waals surface area (Å²) in [4.78, 5) is 8.18. The van der Waals surface area contributed by atoms with Crippen molar-refractivity contribution in [2.75, 3.05) is 0 Å². The molecule has 19 heavy (non-hydrogen) atoms. The van der Waals surface area contributed by atoms with Crippen molar-refractivity contribution in [2.24, 2.45) is 0 Å². The van der Waals surface area contributed by atoms with Gasteiger partial charge in [-0.05, 0) is 30.2 Å². The Morgan fingerprint density at radius 2 is 1.89 bits per heavy atom. The SMILES string of the molecule is Oc1c2ccnc-2ncn1CCc1ccc(F)cc1. The second-order valence-corrected chi connectivity index (χ2v) is 4.32. The van der Waals surface area contributed by atoms with Gasteiger partial charge in [0.25, 0.3) is 0 Å². The first-order chi connectivity index (χ1) is 9.24. The van der Waals surface area contributed by atoms with Crippen LogP contribution in [0.2, 0.25) is 0 Å².